The third-order valence-electron chi connectivity index (χ3n) is 2.71. The van der Waals surface area contributed by atoms with Gasteiger partial charge in [-0.15, -0.1) is 0 Å². The first-order valence-electron chi connectivity index (χ1n) is 5.98. The summed E-state index contributed by atoms with van der Waals surface area (Å²) in [6, 6.07) is 10.6. The van der Waals surface area contributed by atoms with Crippen LogP contribution in [-0.2, 0) is 11.2 Å². The first kappa shape index (κ1) is 14.3. The standard InChI is InChI=1S/C14H12N2O5/c15-12-8-11(5-6-13(12)16(19)20)21-10-3-1-9(2-4-10)7-14(17)18/h1-6,8H,7,15H2,(H,17,18). The molecule has 7 heteroatoms. The molecule has 0 spiro atoms. The summed E-state index contributed by atoms with van der Waals surface area (Å²) >= 11 is 0. The van der Waals surface area contributed by atoms with Crippen molar-refractivity contribution in [3.63, 3.8) is 0 Å². The third kappa shape index (κ3) is 3.69. The molecule has 0 aromatic heterocycles. The van der Waals surface area contributed by atoms with Crippen molar-refractivity contribution in [1.29, 1.82) is 0 Å². The highest BCUT2D eigenvalue weighted by Gasteiger charge is 2.12. The first-order valence-corrected chi connectivity index (χ1v) is 5.98. The molecule has 0 fully saturated rings. The average molecular weight is 288 g/mol. The van der Waals surface area contributed by atoms with Gasteiger partial charge in [-0.1, -0.05) is 12.1 Å². The predicted molar refractivity (Wildman–Crippen MR) is 75.4 cm³/mol. The van der Waals surface area contributed by atoms with Crippen molar-refractivity contribution in [3.05, 3.63) is 58.1 Å². The van der Waals surface area contributed by atoms with Crippen molar-refractivity contribution in [3.8, 4) is 11.5 Å². The Balaban J connectivity index is 2.13. The maximum absolute atomic E-state index is 10.7. The van der Waals surface area contributed by atoms with Crippen LogP contribution in [0.3, 0.4) is 0 Å². The van der Waals surface area contributed by atoms with Crippen LogP contribution in [0, 0.1) is 10.1 Å². The number of aliphatic carboxylic acids is 1. The Kier molecular flexibility index (Phi) is 4.03. The molecule has 0 atom stereocenters. The summed E-state index contributed by atoms with van der Waals surface area (Å²) in [6.07, 6.45) is -0.0647. The van der Waals surface area contributed by atoms with E-state index < -0.39 is 10.9 Å². The zero-order valence-electron chi connectivity index (χ0n) is 10.9. The second kappa shape index (κ2) is 5.91. The molecule has 3 N–H and O–H groups in total. The van der Waals surface area contributed by atoms with Gasteiger partial charge >= 0.3 is 5.97 Å². The van der Waals surface area contributed by atoms with E-state index in [0.29, 0.717) is 17.1 Å². The van der Waals surface area contributed by atoms with Crippen LogP contribution in [0.4, 0.5) is 11.4 Å². The van der Waals surface area contributed by atoms with Gasteiger partial charge in [0.15, 0.2) is 0 Å². The van der Waals surface area contributed by atoms with Crippen molar-refractivity contribution in [2.45, 2.75) is 6.42 Å². The minimum Gasteiger partial charge on any atom is -0.481 e. The fourth-order valence-electron chi connectivity index (χ4n) is 1.75. The SMILES string of the molecule is Nc1cc(Oc2ccc(CC(=O)O)cc2)ccc1[N+](=O)[O-]. The van der Waals surface area contributed by atoms with Crippen molar-refractivity contribution in [2.75, 3.05) is 5.73 Å². The summed E-state index contributed by atoms with van der Waals surface area (Å²) < 4.78 is 5.50. The predicted octanol–water partition coefficient (Wildman–Crippen LogP) is 2.60. The molecule has 0 aliphatic carbocycles. The average Bonchev–Trinajstić information content (AvgIpc) is 2.40. The second-order valence-corrected chi connectivity index (χ2v) is 4.29. The molecule has 0 radical (unpaired) electrons. The molecular weight excluding hydrogens is 276 g/mol. The number of hydrogen-bond acceptors (Lipinski definition) is 5. The lowest BCUT2D eigenvalue weighted by atomic mass is 10.1. The van der Waals surface area contributed by atoms with E-state index in [1.54, 1.807) is 24.3 Å². The highest BCUT2D eigenvalue weighted by molar-refractivity contribution is 5.70. The second-order valence-electron chi connectivity index (χ2n) is 4.29. The van der Waals surface area contributed by atoms with E-state index in [0.717, 1.165) is 0 Å². The normalized spacial score (nSPS) is 10.1. The number of carbonyl (C=O) groups is 1. The Hall–Kier alpha value is -3.09. The van der Waals surface area contributed by atoms with Crippen LogP contribution in [0.1, 0.15) is 5.56 Å². The van der Waals surface area contributed by atoms with E-state index in [-0.39, 0.29) is 17.8 Å². The third-order valence-corrected chi connectivity index (χ3v) is 2.71. The summed E-state index contributed by atoms with van der Waals surface area (Å²) in [5.74, 6) is -0.0618. The van der Waals surface area contributed by atoms with Crippen molar-refractivity contribution in [1.82, 2.24) is 0 Å². The lowest BCUT2D eigenvalue weighted by Crippen LogP contribution is -1.99. The molecule has 2 rings (SSSR count). The quantitative estimate of drug-likeness (QED) is 0.496. The van der Waals surface area contributed by atoms with Crippen LogP contribution in [0.25, 0.3) is 0 Å². The number of carboxylic acid groups (broad SMARTS) is 1. The van der Waals surface area contributed by atoms with E-state index >= 15 is 0 Å². The highest BCUT2D eigenvalue weighted by Crippen LogP contribution is 2.29. The molecule has 108 valence electrons. The number of anilines is 1. The van der Waals surface area contributed by atoms with Gasteiger partial charge in [-0.05, 0) is 23.8 Å². The zero-order chi connectivity index (χ0) is 15.4. The maximum atomic E-state index is 10.7. The van der Waals surface area contributed by atoms with Crippen LogP contribution < -0.4 is 10.5 Å². The largest absolute Gasteiger partial charge is 0.481 e. The first-order chi connectivity index (χ1) is 9.95. The van der Waals surface area contributed by atoms with E-state index in [1.807, 2.05) is 0 Å². The van der Waals surface area contributed by atoms with E-state index in [2.05, 4.69) is 0 Å². The van der Waals surface area contributed by atoms with Gasteiger partial charge in [0, 0.05) is 12.1 Å². The topological polar surface area (TPSA) is 116 Å². The van der Waals surface area contributed by atoms with Crippen molar-refractivity contribution >= 4 is 17.3 Å². The molecule has 2 aromatic rings. The fraction of sp³-hybridized carbons (Fsp3) is 0.0714. The molecule has 0 amide bonds. The molecule has 0 aliphatic rings. The number of rotatable bonds is 5. The number of nitrogen functional groups attached to an aromatic ring is 1. The summed E-state index contributed by atoms with van der Waals surface area (Å²) in [7, 11) is 0. The molecule has 7 nitrogen and oxygen atoms in total. The molecule has 0 saturated carbocycles. The maximum Gasteiger partial charge on any atom is 0.307 e. The number of ether oxygens (including phenoxy) is 1. The number of benzene rings is 2. The number of carboxylic acids is 1. The summed E-state index contributed by atoms with van der Waals surface area (Å²) in [6.45, 7) is 0. The minimum atomic E-state index is -0.910. The van der Waals surface area contributed by atoms with Crippen molar-refractivity contribution in [2.24, 2.45) is 0 Å². The molecule has 0 saturated heterocycles. The Morgan fingerprint density at radius 3 is 2.33 bits per heavy atom. The monoisotopic (exact) mass is 288 g/mol. The number of nitrogens with two attached hydrogens (primary N) is 1. The van der Waals surface area contributed by atoms with Crippen LogP contribution in [0.15, 0.2) is 42.5 Å². The van der Waals surface area contributed by atoms with E-state index in [9.17, 15) is 14.9 Å². The molecule has 2 aromatic carbocycles. The Morgan fingerprint density at radius 1 is 1.19 bits per heavy atom. The van der Waals surface area contributed by atoms with Gasteiger partial charge in [0.2, 0.25) is 0 Å². The van der Waals surface area contributed by atoms with Gasteiger partial charge in [0.05, 0.1) is 11.3 Å². The molecule has 0 aliphatic heterocycles. The molecular formula is C14H12N2O5. The Labute approximate surface area is 119 Å². The molecule has 0 bridgehead atoms. The smallest absolute Gasteiger partial charge is 0.307 e. The minimum absolute atomic E-state index is 0.0139. The lowest BCUT2D eigenvalue weighted by Gasteiger charge is -2.07. The summed E-state index contributed by atoms with van der Waals surface area (Å²) in [5, 5.41) is 19.3. The van der Waals surface area contributed by atoms with Crippen LogP contribution in [0.5, 0.6) is 11.5 Å². The number of nitro benzene ring substituents is 1. The van der Waals surface area contributed by atoms with E-state index in [4.69, 9.17) is 15.6 Å². The van der Waals surface area contributed by atoms with Gasteiger partial charge in [-0.2, -0.15) is 0 Å². The molecule has 0 unspecified atom stereocenters. The number of nitro groups is 1. The fourth-order valence-corrected chi connectivity index (χ4v) is 1.75. The Morgan fingerprint density at radius 2 is 1.81 bits per heavy atom. The molecule has 21 heavy (non-hydrogen) atoms. The zero-order valence-corrected chi connectivity index (χ0v) is 10.9. The molecule has 0 heterocycles. The van der Waals surface area contributed by atoms with Crippen LogP contribution >= 0.6 is 0 Å². The van der Waals surface area contributed by atoms with E-state index in [1.165, 1.54) is 18.2 Å². The van der Waals surface area contributed by atoms with Crippen LogP contribution in [-0.4, -0.2) is 16.0 Å². The van der Waals surface area contributed by atoms with Gasteiger partial charge in [0.1, 0.15) is 17.2 Å². The van der Waals surface area contributed by atoms with Gasteiger partial charge in [0.25, 0.3) is 5.69 Å². The lowest BCUT2D eigenvalue weighted by molar-refractivity contribution is -0.383. The van der Waals surface area contributed by atoms with Gasteiger partial charge < -0.3 is 15.6 Å². The van der Waals surface area contributed by atoms with Crippen molar-refractivity contribution < 1.29 is 19.6 Å². The van der Waals surface area contributed by atoms with Gasteiger partial charge in [-0.3, -0.25) is 14.9 Å². The number of nitrogens with zero attached hydrogens (tertiary/aromatic N) is 1. The summed E-state index contributed by atoms with van der Waals surface area (Å²) in [4.78, 5) is 20.7. The number of hydrogen-bond donors (Lipinski definition) is 2. The van der Waals surface area contributed by atoms with Crippen LogP contribution in [0.2, 0.25) is 0 Å². The van der Waals surface area contributed by atoms with Gasteiger partial charge in [-0.25, -0.2) is 0 Å². The summed E-state index contributed by atoms with van der Waals surface area (Å²) in [5.41, 5.74) is 6.05. The highest BCUT2D eigenvalue weighted by atomic mass is 16.6. The Bertz CT molecular complexity index is 682.